The number of fused-ring (bicyclic) bond motifs is 2. The second-order valence-corrected chi connectivity index (χ2v) is 7.91. The van der Waals surface area contributed by atoms with Crippen LogP contribution in [0.1, 0.15) is 54.9 Å². The van der Waals surface area contributed by atoms with Gasteiger partial charge in [-0.15, -0.1) is 0 Å². The number of aldehydes is 1. The van der Waals surface area contributed by atoms with Gasteiger partial charge in [-0.25, -0.2) is 9.18 Å². The summed E-state index contributed by atoms with van der Waals surface area (Å²) >= 11 is 0. The smallest absolute Gasteiger partial charge is 0.341 e. The molecule has 29 heavy (non-hydrogen) atoms. The maximum absolute atomic E-state index is 15.1. The first-order valence-corrected chi connectivity index (χ1v) is 10.5. The van der Waals surface area contributed by atoms with Crippen LogP contribution in [0.15, 0.2) is 12.1 Å². The van der Waals surface area contributed by atoms with Crippen LogP contribution in [-0.4, -0.2) is 44.0 Å². The zero-order valence-electron chi connectivity index (χ0n) is 16.6. The van der Waals surface area contributed by atoms with E-state index in [4.69, 9.17) is 18.9 Å². The maximum Gasteiger partial charge on any atom is 0.341 e. The van der Waals surface area contributed by atoms with E-state index in [2.05, 4.69) is 0 Å². The van der Waals surface area contributed by atoms with E-state index in [-0.39, 0.29) is 48.3 Å². The van der Waals surface area contributed by atoms with Crippen molar-refractivity contribution in [3.63, 3.8) is 0 Å². The van der Waals surface area contributed by atoms with Crippen LogP contribution in [0.25, 0.3) is 0 Å². The number of ether oxygens (including phenoxy) is 4. The lowest BCUT2D eigenvalue weighted by Gasteiger charge is -2.28. The van der Waals surface area contributed by atoms with E-state index in [1.807, 2.05) is 0 Å². The van der Waals surface area contributed by atoms with Crippen LogP contribution in [0.2, 0.25) is 0 Å². The third kappa shape index (κ3) is 4.03. The Kier molecular flexibility index (Phi) is 6.15. The van der Waals surface area contributed by atoms with Gasteiger partial charge < -0.3 is 23.7 Å². The highest BCUT2D eigenvalue weighted by atomic mass is 19.1. The summed E-state index contributed by atoms with van der Waals surface area (Å²) < 4.78 is 37.8. The first kappa shape index (κ1) is 20.3. The quantitative estimate of drug-likeness (QED) is 0.551. The van der Waals surface area contributed by atoms with Gasteiger partial charge in [0.15, 0.2) is 17.9 Å². The number of carbonyl (C=O) groups is 2. The monoisotopic (exact) mass is 406 g/mol. The first-order valence-electron chi connectivity index (χ1n) is 10.5. The number of aryl methyl sites for hydroxylation is 1. The molecule has 1 unspecified atom stereocenters. The van der Waals surface area contributed by atoms with E-state index in [0.29, 0.717) is 31.4 Å². The Bertz CT molecular complexity index is 760. The normalized spacial score (nSPS) is 31.2. The molecule has 0 amide bonds. The van der Waals surface area contributed by atoms with Crippen LogP contribution in [0.5, 0.6) is 5.75 Å². The Morgan fingerprint density at radius 2 is 2.17 bits per heavy atom. The molecule has 1 aromatic carbocycles. The SMILES string of the molecule is CCOC(=O)c1ccc2c(c1F)O[C@H]1C[C@@H](OC3CCCCO3)[C@H](C=O)[C@H]1CC2. The fourth-order valence-electron chi connectivity index (χ4n) is 4.71. The average Bonchev–Trinajstić information content (AvgIpc) is 2.93. The van der Waals surface area contributed by atoms with Crippen LogP contribution in [0, 0.1) is 17.7 Å². The summed E-state index contributed by atoms with van der Waals surface area (Å²) in [5.41, 5.74) is 0.583. The summed E-state index contributed by atoms with van der Waals surface area (Å²) in [6, 6.07) is 3.16. The maximum atomic E-state index is 15.1. The summed E-state index contributed by atoms with van der Waals surface area (Å²) in [7, 11) is 0. The molecule has 6 nitrogen and oxygen atoms in total. The third-order valence-electron chi connectivity index (χ3n) is 6.18. The lowest BCUT2D eigenvalue weighted by atomic mass is 9.89. The van der Waals surface area contributed by atoms with Crippen LogP contribution >= 0.6 is 0 Å². The van der Waals surface area contributed by atoms with Gasteiger partial charge in [-0.05, 0) is 50.7 Å². The molecular weight excluding hydrogens is 379 g/mol. The highest BCUT2D eigenvalue weighted by Gasteiger charge is 2.47. The highest BCUT2D eigenvalue weighted by Crippen LogP contribution is 2.44. The van der Waals surface area contributed by atoms with Crippen LogP contribution in [0.4, 0.5) is 4.39 Å². The van der Waals surface area contributed by atoms with Gasteiger partial charge in [-0.2, -0.15) is 0 Å². The second-order valence-electron chi connectivity index (χ2n) is 7.91. The number of esters is 1. The number of carbonyl (C=O) groups excluding carboxylic acids is 2. The van der Waals surface area contributed by atoms with Gasteiger partial charge in [0.1, 0.15) is 12.4 Å². The lowest BCUT2D eigenvalue weighted by molar-refractivity contribution is -0.194. The molecule has 0 N–H and O–H groups in total. The molecule has 2 fully saturated rings. The van der Waals surface area contributed by atoms with Crippen molar-refractivity contribution in [1.82, 2.24) is 0 Å². The summed E-state index contributed by atoms with van der Waals surface area (Å²) in [6.07, 6.45) is 4.66. The fourth-order valence-corrected chi connectivity index (χ4v) is 4.71. The standard InChI is InChI=1S/C22H27FO6/c1-2-26-22(25)15-9-7-13-6-8-14-16(12-24)18(28-19-5-3-4-10-27-19)11-17(14)29-21(13)20(15)23/h7,9,12,14,16-19H,2-6,8,10-11H2,1H3/t14-,16-,17+,18-,19?/m1/s1. The van der Waals surface area contributed by atoms with Gasteiger partial charge in [0.25, 0.3) is 0 Å². The van der Waals surface area contributed by atoms with Crippen LogP contribution < -0.4 is 4.74 Å². The fraction of sp³-hybridized carbons (Fsp3) is 0.636. The van der Waals surface area contributed by atoms with Crippen molar-refractivity contribution in [3.05, 3.63) is 29.1 Å². The number of hydrogen-bond donors (Lipinski definition) is 0. The Balaban J connectivity index is 1.54. The second kappa shape index (κ2) is 8.79. The molecule has 1 aromatic rings. The van der Waals surface area contributed by atoms with Gasteiger partial charge in [0.2, 0.25) is 0 Å². The van der Waals surface area contributed by atoms with Crippen molar-refractivity contribution in [3.8, 4) is 5.75 Å². The molecule has 7 heteroatoms. The van der Waals surface area contributed by atoms with Crippen molar-refractivity contribution in [2.45, 2.75) is 63.9 Å². The third-order valence-corrected chi connectivity index (χ3v) is 6.18. The molecule has 1 saturated heterocycles. The molecule has 0 spiro atoms. The average molecular weight is 406 g/mol. The van der Waals surface area contributed by atoms with E-state index in [1.165, 1.54) is 6.07 Å². The zero-order valence-corrected chi connectivity index (χ0v) is 16.6. The number of benzene rings is 1. The van der Waals surface area contributed by atoms with E-state index < -0.39 is 11.8 Å². The molecule has 4 rings (SSSR count). The Morgan fingerprint density at radius 1 is 1.31 bits per heavy atom. The van der Waals surface area contributed by atoms with E-state index in [1.54, 1.807) is 13.0 Å². The number of rotatable bonds is 5. The van der Waals surface area contributed by atoms with E-state index >= 15 is 4.39 Å². The van der Waals surface area contributed by atoms with Gasteiger partial charge in [-0.1, -0.05) is 6.07 Å². The molecule has 5 atom stereocenters. The number of hydrogen-bond acceptors (Lipinski definition) is 6. The molecule has 3 aliphatic rings. The summed E-state index contributed by atoms with van der Waals surface area (Å²) in [6.45, 7) is 2.51. The molecular formula is C22H27FO6. The lowest BCUT2D eigenvalue weighted by Crippen LogP contribution is -2.32. The molecule has 2 aliphatic heterocycles. The van der Waals surface area contributed by atoms with Crippen molar-refractivity contribution >= 4 is 12.3 Å². The minimum Gasteiger partial charge on any atom is -0.487 e. The summed E-state index contributed by atoms with van der Waals surface area (Å²) in [5, 5.41) is 0. The Morgan fingerprint density at radius 3 is 2.90 bits per heavy atom. The molecule has 1 saturated carbocycles. The zero-order chi connectivity index (χ0) is 20.4. The van der Waals surface area contributed by atoms with E-state index in [0.717, 1.165) is 25.5 Å². The van der Waals surface area contributed by atoms with Crippen molar-refractivity contribution in [2.75, 3.05) is 13.2 Å². The predicted molar refractivity (Wildman–Crippen MR) is 101 cm³/mol. The van der Waals surface area contributed by atoms with Crippen molar-refractivity contribution in [1.29, 1.82) is 0 Å². The van der Waals surface area contributed by atoms with Gasteiger partial charge in [0, 0.05) is 24.9 Å². The molecule has 0 aromatic heterocycles. The molecule has 1 aliphatic carbocycles. The first-order chi connectivity index (χ1) is 14.1. The topological polar surface area (TPSA) is 71.1 Å². The highest BCUT2D eigenvalue weighted by molar-refractivity contribution is 5.90. The molecule has 0 radical (unpaired) electrons. The summed E-state index contributed by atoms with van der Waals surface area (Å²) in [5.74, 6) is -1.66. The summed E-state index contributed by atoms with van der Waals surface area (Å²) in [4.78, 5) is 23.9. The van der Waals surface area contributed by atoms with Gasteiger partial charge >= 0.3 is 5.97 Å². The van der Waals surface area contributed by atoms with Crippen LogP contribution in [-0.2, 0) is 25.4 Å². The van der Waals surface area contributed by atoms with E-state index in [9.17, 15) is 9.59 Å². The Labute approximate surface area is 169 Å². The minimum absolute atomic E-state index is 0.0565. The number of halogens is 1. The van der Waals surface area contributed by atoms with Gasteiger partial charge in [0.05, 0.1) is 18.3 Å². The largest absolute Gasteiger partial charge is 0.487 e. The Hall–Kier alpha value is -1.99. The molecule has 158 valence electrons. The van der Waals surface area contributed by atoms with Crippen molar-refractivity contribution in [2.24, 2.45) is 11.8 Å². The van der Waals surface area contributed by atoms with Gasteiger partial charge in [-0.3, -0.25) is 0 Å². The van der Waals surface area contributed by atoms with Crippen molar-refractivity contribution < 1.29 is 32.9 Å². The molecule has 2 heterocycles. The molecule has 0 bridgehead atoms. The minimum atomic E-state index is -0.704. The predicted octanol–water partition coefficient (Wildman–Crippen LogP) is 3.44. The van der Waals surface area contributed by atoms with Crippen LogP contribution in [0.3, 0.4) is 0 Å².